The lowest BCUT2D eigenvalue weighted by atomic mass is 10.1. The van der Waals surface area contributed by atoms with Crippen LogP contribution in [-0.4, -0.2) is 4.98 Å². The maximum Gasteiger partial charge on any atom is 0.123 e. The Morgan fingerprint density at radius 1 is 1.10 bits per heavy atom. The highest BCUT2D eigenvalue weighted by molar-refractivity contribution is 7.13. The Morgan fingerprint density at radius 2 is 1.90 bits per heavy atom. The number of nitrogens with zero attached hydrogens (tertiary/aromatic N) is 1. The van der Waals surface area contributed by atoms with Crippen molar-refractivity contribution in [2.45, 2.75) is 13.3 Å². The molecule has 0 saturated heterocycles. The lowest BCUT2D eigenvalue weighted by Gasteiger charge is -2.02. The van der Waals surface area contributed by atoms with Gasteiger partial charge in [0.15, 0.2) is 0 Å². The zero-order chi connectivity index (χ0) is 13.9. The highest BCUT2D eigenvalue weighted by atomic mass is 32.1. The van der Waals surface area contributed by atoms with Gasteiger partial charge in [-0.25, -0.2) is 4.98 Å². The summed E-state index contributed by atoms with van der Waals surface area (Å²) in [6.45, 7) is 2.02. The van der Waals surface area contributed by atoms with Crippen molar-refractivity contribution in [2.75, 3.05) is 5.73 Å². The average molecular weight is 280 g/mol. The van der Waals surface area contributed by atoms with E-state index < -0.39 is 0 Å². The quantitative estimate of drug-likeness (QED) is 0.727. The van der Waals surface area contributed by atoms with Gasteiger partial charge in [-0.05, 0) is 24.1 Å². The van der Waals surface area contributed by atoms with Gasteiger partial charge in [0.05, 0.1) is 5.69 Å². The highest BCUT2D eigenvalue weighted by Crippen LogP contribution is 2.27. The molecule has 0 bridgehead atoms. The summed E-state index contributed by atoms with van der Waals surface area (Å²) < 4.78 is 0. The molecule has 0 radical (unpaired) electrons. The summed E-state index contributed by atoms with van der Waals surface area (Å²) in [7, 11) is 0. The topological polar surface area (TPSA) is 38.9 Å². The summed E-state index contributed by atoms with van der Waals surface area (Å²) in [5.41, 5.74) is 11.4. The van der Waals surface area contributed by atoms with Crippen LogP contribution in [0.2, 0.25) is 0 Å². The molecule has 100 valence electrons. The molecule has 0 fully saturated rings. The Labute approximate surface area is 122 Å². The largest absolute Gasteiger partial charge is 0.398 e. The lowest BCUT2D eigenvalue weighted by Crippen LogP contribution is -1.90. The van der Waals surface area contributed by atoms with Crippen molar-refractivity contribution in [3.8, 4) is 10.6 Å². The summed E-state index contributed by atoms with van der Waals surface area (Å²) in [6.07, 6.45) is 0.874. The number of rotatable bonds is 3. The van der Waals surface area contributed by atoms with Crippen LogP contribution < -0.4 is 5.73 Å². The van der Waals surface area contributed by atoms with Gasteiger partial charge in [-0.15, -0.1) is 11.3 Å². The molecule has 1 aromatic heterocycles. The number of hydrogen-bond acceptors (Lipinski definition) is 3. The van der Waals surface area contributed by atoms with Crippen LogP contribution >= 0.6 is 11.3 Å². The third-order valence-corrected chi connectivity index (χ3v) is 4.25. The predicted molar refractivity (Wildman–Crippen MR) is 85.9 cm³/mol. The van der Waals surface area contributed by atoms with Crippen molar-refractivity contribution in [1.82, 2.24) is 4.98 Å². The van der Waals surface area contributed by atoms with Crippen LogP contribution in [0.15, 0.2) is 53.9 Å². The number of aromatic nitrogens is 1. The molecule has 0 aliphatic rings. The Hall–Kier alpha value is -2.13. The first-order valence-corrected chi connectivity index (χ1v) is 7.45. The minimum Gasteiger partial charge on any atom is -0.398 e. The van der Waals surface area contributed by atoms with Crippen LogP contribution in [0, 0.1) is 6.92 Å². The minimum atomic E-state index is 0.822. The van der Waals surface area contributed by atoms with Gasteiger partial charge >= 0.3 is 0 Å². The zero-order valence-electron chi connectivity index (χ0n) is 11.3. The normalized spacial score (nSPS) is 10.7. The lowest BCUT2D eigenvalue weighted by molar-refractivity contribution is 1.11. The third kappa shape index (κ3) is 2.73. The van der Waals surface area contributed by atoms with Gasteiger partial charge in [-0.1, -0.05) is 42.5 Å². The molecule has 2 nitrogen and oxygen atoms in total. The SMILES string of the molecule is Cc1ccc(-c2nc(Cc3ccccc3)cs2)cc1N. The van der Waals surface area contributed by atoms with E-state index in [1.54, 1.807) is 11.3 Å². The molecular weight excluding hydrogens is 264 g/mol. The Kier molecular flexibility index (Phi) is 3.52. The third-order valence-electron chi connectivity index (χ3n) is 3.31. The summed E-state index contributed by atoms with van der Waals surface area (Å²) in [4.78, 5) is 4.71. The second-order valence-electron chi connectivity index (χ2n) is 4.88. The van der Waals surface area contributed by atoms with Crippen LogP contribution in [0.5, 0.6) is 0 Å². The number of thiazole rings is 1. The van der Waals surface area contributed by atoms with E-state index in [9.17, 15) is 0 Å². The van der Waals surface area contributed by atoms with E-state index in [0.29, 0.717) is 0 Å². The molecule has 3 heteroatoms. The van der Waals surface area contributed by atoms with E-state index in [-0.39, 0.29) is 0 Å². The summed E-state index contributed by atoms with van der Waals surface area (Å²) in [6, 6.07) is 16.5. The fraction of sp³-hybridized carbons (Fsp3) is 0.118. The molecule has 3 aromatic rings. The van der Waals surface area contributed by atoms with E-state index >= 15 is 0 Å². The van der Waals surface area contributed by atoms with E-state index in [0.717, 1.165) is 33.9 Å². The second kappa shape index (κ2) is 5.47. The summed E-state index contributed by atoms with van der Waals surface area (Å²) in [5.74, 6) is 0. The molecule has 0 amide bonds. The molecule has 0 unspecified atom stereocenters. The van der Waals surface area contributed by atoms with Crippen LogP contribution in [0.1, 0.15) is 16.8 Å². The molecule has 20 heavy (non-hydrogen) atoms. The molecule has 0 atom stereocenters. The van der Waals surface area contributed by atoms with Gasteiger partial charge in [0.2, 0.25) is 0 Å². The second-order valence-corrected chi connectivity index (χ2v) is 5.74. The fourth-order valence-electron chi connectivity index (χ4n) is 2.10. The fourth-order valence-corrected chi connectivity index (χ4v) is 2.92. The molecule has 0 aliphatic heterocycles. The van der Waals surface area contributed by atoms with Crippen LogP contribution in [0.4, 0.5) is 5.69 Å². The number of aryl methyl sites for hydroxylation is 1. The van der Waals surface area contributed by atoms with E-state index in [1.165, 1.54) is 5.56 Å². The Morgan fingerprint density at radius 3 is 2.65 bits per heavy atom. The van der Waals surface area contributed by atoms with Crippen molar-refractivity contribution >= 4 is 17.0 Å². The maximum absolute atomic E-state index is 5.97. The molecule has 0 aliphatic carbocycles. The maximum atomic E-state index is 5.97. The summed E-state index contributed by atoms with van der Waals surface area (Å²) >= 11 is 1.67. The Balaban J connectivity index is 1.84. The van der Waals surface area contributed by atoms with Crippen LogP contribution in [0.3, 0.4) is 0 Å². The van der Waals surface area contributed by atoms with Crippen LogP contribution in [-0.2, 0) is 6.42 Å². The smallest absolute Gasteiger partial charge is 0.123 e. The average Bonchev–Trinajstić information content (AvgIpc) is 2.91. The number of hydrogen-bond donors (Lipinski definition) is 1. The van der Waals surface area contributed by atoms with Crippen molar-refractivity contribution in [2.24, 2.45) is 0 Å². The first kappa shape index (κ1) is 12.9. The molecule has 0 saturated carbocycles. The van der Waals surface area contributed by atoms with E-state index in [4.69, 9.17) is 10.7 Å². The Bertz CT molecular complexity index is 717. The first-order chi connectivity index (χ1) is 9.72. The number of anilines is 1. The molecular formula is C17H16N2S. The monoisotopic (exact) mass is 280 g/mol. The predicted octanol–water partition coefficient (Wildman–Crippen LogP) is 4.29. The molecule has 3 rings (SSSR count). The molecule has 1 heterocycles. The summed E-state index contributed by atoms with van der Waals surface area (Å²) in [5, 5.41) is 3.15. The number of nitrogens with two attached hydrogens (primary N) is 1. The van der Waals surface area contributed by atoms with Crippen molar-refractivity contribution in [3.05, 3.63) is 70.7 Å². The molecule has 2 aromatic carbocycles. The van der Waals surface area contributed by atoms with Gasteiger partial charge in [0.25, 0.3) is 0 Å². The van der Waals surface area contributed by atoms with Crippen molar-refractivity contribution in [3.63, 3.8) is 0 Å². The van der Waals surface area contributed by atoms with Crippen molar-refractivity contribution < 1.29 is 0 Å². The molecule has 2 N–H and O–H groups in total. The van der Waals surface area contributed by atoms with Crippen LogP contribution in [0.25, 0.3) is 10.6 Å². The van der Waals surface area contributed by atoms with Gasteiger partial charge in [-0.2, -0.15) is 0 Å². The van der Waals surface area contributed by atoms with E-state index in [1.807, 2.05) is 25.1 Å². The first-order valence-electron chi connectivity index (χ1n) is 6.57. The van der Waals surface area contributed by atoms with Gasteiger partial charge in [0.1, 0.15) is 5.01 Å². The standard InChI is InChI=1S/C17H16N2S/c1-12-7-8-14(10-16(12)18)17-19-15(11-20-17)9-13-5-3-2-4-6-13/h2-8,10-11H,9,18H2,1H3. The number of nitrogen functional groups attached to an aromatic ring is 1. The van der Waals surface area contributed by atoms with Gasteiger partial charge in [-0.3, -0.25) is 0 Å². The van der Waals surface area contributed by atoms with Crippen molar-refractivity contribution in [1.29, 1.82) is 0 Å². The van der Waals surface area contributed by atoms with Gasteiger partial charge < -0.3 is 5.73 Å². The zero-order valence-corrected chi connectivity index (χ0v) is 12.2. The number of benzene rings is 2. The minimum absolute atomic E-state index is 0.822. The highest BCUT2D eigenvalue weighted by Gasteiger charge is 2.06. The molecule has 0 spiro atoms. The van der Waals surface area contributed by atoms with E-state index in [2.05, 4.69) is 35.7 Å². The van der Waals surface area contributed by atoms with Gasteiger partial charge in [0, 0.05) is 23.1 Å².